The molecule has 2 fully saturated rings. The molecule has 2 bridgehead atoms. The topological polar surface area (TPSA) is 210 Å². The summed E-state index contributed by atoms with van der Waals surface area (Å²) in [6, 6.07) is 7.72. The summed E-state index contributed by atoms with van der Waals surface area (Å²) in [5.41, 5.74) is 0.748. The van der Waals surface area contributed by atoms with Gasteiger partial charge >= 0.3 is 17.9 Å². The molecule has 0 amide bonds. The maximum atomic E-state index is 12.3. The number of fused-ring (bicyclic) bond motifs is 2. The lowest BCUT2D eigenvalue weighted by molar-refractivity contribution is -0.247. The van der Waals surface area contributed by atoms with Crippen LogP contribution in [0.1, 0.15) is 17.5 Å². The van der Waals surface area contributed by atoms with Crippen molar-refractivity contribution in [3.05, 3.63) is 59.7 Å². The number of carboxylic acids is 1. The highest BCUT2D eigenvalue weighted by molar-refractivity contribution is 5.88. The number of ether oxygens (including phenoxy) is 4. The van der Waals surface area contributed by atoms with Gasteiger partial charge in [-0.1, -0.05) is 12.1 Å². The van der Waals surface area contributed by atoms with E-state index in [1.165, 1.54) is 48.6 Å². The number of hydrogen-bond donors (Lipinski definition) is 6. The molecule has 2 saturated heterocycles. The molecule has 206 valence electrons. The van der Waals surface area contributed by atoms with Crippen LogP contribution in [0.2, 0.25) is 0 Å². The molecule has 39 heavy (non-hydrogen) atoms. The number of rotatable bonds is 8. The molecule has 1 unspecified atom stereocenters. The van der Waals surface area contributed by atoms with Crippen LogP contribution in [0.5, 0.6) is 23.0 Å². The first-order valence-corrected chi connectivity index (χ1v) is 11.5. The molecule has 2 aliphatic heterocycles. The van der Waals surface area contributed by atoms with Gasteiger partial charge in [-0.3, -0.25) is 0 Å². The summed E-state index contributed by atoms with van der Waals surface area (Å²) in [5.74, 6) is -7.01. The number of carbonyl (C=O) groups excluding carboxylic acids is 2. The van der Waals surface area contributed by atoms with Crippen LogP contribution >= 0.6 is 0 Å². The fraction of sp³-hybridized carbons (Fsp3) is 0.269. The second kappa shape index (κ2) is 11.0. The van der Waals surface area contributed by atoms with E-state index in [1.807, 2.05) is 0 Å². The Labute approximate surface area is 220 Å². The molecule has 2 heterocycles. The average molecular weight is 544 g/mol. The van der Waals surface area contributed by atoms with Gasteiger partial charge in [0.2, 0.25) is 0 Å². The summed E-state index contributed by atoms with van der Waals surface area (Å²) in [6.45, 7) is -0.494. The van der Waals surface area contributed by atoms with Gasteiger partial charge in [-0.05, 0) is 47.5 Å². The highest BCUT2D eigenvalue weighted by Gasteiger charge is 2.63. The van der Waals surface area contributed by atoms with Crippen molar-refractivity contribution >= 4 is 30.1 Å². The van der Waals surface area contributed by atoms with Crippen LogP contribution < -0.4 is 0 Å². The number of carbonyl (C=O) groups is 3. The van der Waals surface area contributed by atoms with E-state index in [1.54, 1.807) is 0 Å². The minimum absolute atomic E-state index is 0.331. The van der Waals surface area contributed by atoms with Gasteiger partial charge in [-0.2, -0.15) is 0 Å². The third-order valence-electron chi connectivity index (χ3n) is 6.03. The van der Waals surface area contributed by atoms with E-state index < -0.39 is 66.9 Å². The third-order valence-corrected chi connectivity index (χ3v) is 6.03. The second-order valence-electron chi connectivity index (χ2n) is 8.76. The first-order chi connectivity index (χ1) is 18.5. The van der Waals surface area contributed by atoms with Crippen molar-refractivity contribution in [3.8, 4) is 23.0 Å². The number of esters is 2. The van der Waals surface area contributed by atoms with E-state index in [-0.39, 0.29) is 17.2 Å². The number of phenols is 4. The Morgan fingerprint density at radius 1 is 0.872 bits per heavy atom. The van der Waals surface area contributed by atoms with Gasteiger partial charge in [-0.25, -0.2) is 14.4 Å². The number of aromatic hydroxyl groups is 4. The summed E-state index contributed by atoms with van der Waals surface area (Å²) in [6.07, 6.45) is -1.31. The predicted molar refractivity (Wildman–Crippen MR) is 129 cm³/mol. The number of benzene rings is 2. The predicted octanol–water partition coefficient (Wildman–Crippen LogP) is 1.02. The molecule has 4 rings (SSSR count). The lowest BCUT2D eigenvalue weighted by Gasteiger charge is -2.35. The van der Waals surface area contributed by atoms with Crippen molar-refractivity contribution < 1.29 is 64.0 Å². The molecule has 6 N–H and O–H groups in total. The van der Waals surface area contributed by atoms with Crippen LogP contribution in [0.3, 0.4) is 0 Å². The van der Waals surface area contributed by atoms with Crippen LogP contribution in [-0.2, 0) is 33.3 Å². The molecule has 0 saturated carbocycles. The van der Waals surface area contributed by atoms with Crippen molar-refractivity contribution in [2.45, 2.75) is 36.6 Å². The standard InChI is InChI=1S/C26H24O13/c27-15-5-1-13(9-17(15)29)3-7-21(31)36-12-20-24-23(33)19(11-26(38-20,39-24)25(34)35)37-22(32)8-4-14-2-6-16(28)18(30)10-14/h1-10,19-20,23-24,27-30,33H,11-12H2,(H,34,35)/b7-3-,8-4+/t19-,20-,23+,24?,26+/m0/s1. The number of phenolic OH excluding ortho intramolecular Hbond substituents is 4. The van der Waals surface area contributed by atoms with Gasteiger partial charge in [0.05, 0.1) is 6.42 Å². The van der Waals surface area contributed by atoms with Gasteiger partial charge in [0, 0.05) is 12.2 Å². The molecular formula is C26H24O13. The van der Waals surface area contributed by atoms with Crippen LogP contribution in [0.15, 0.2) is 48.6 Å². The van der Waals surface area contributed by atoms with Gasteiger partial charge in [-0.15, -0.1) is 0 Å². The molecule has 5 atom stereocenters. The number of aliphatic carboxylic acids is 1. The maximum Gasteiger partial charge on any atom is 0.364 e. The van der Waals surface area contributed by atoms with Crippen molar-refractivity contribution in [3.63, 3.8) is 0 Å². The zero-order valence-electron chi connectivity index (χ0n) is 20.0. The molecule has 2 aliphatic rings. The monoisotopic (exact) mass is 544 g/mol. The summed E-state index contributed by atoms with van der Waals surface area (Å²) in [4.78, 5) is 36.4. The van der Waals surface area contributed by atoms with E-state index in [0.717, 1.165) is 12.2 Å². The smallest absolute Gasteiger partial charge is 0.364 e. The third kappa shape index (κ3) is 6.12. The van der Waals surface area contributed by atoms with Crippen molar-refractivity contribution in [1.82, 2.24) is 0 Å². The maximum absolute atomic E-state index is 12.3. The minimum Gasteiger partial charge on any atom is -0.504 e. The zero-order chi connectivity index (χ0) is 28.3. The Morgan fingerprint density at radius 3 is 1.97 bits per heavy atom. The second-order valence-corrected chi connectivity index (χ2v) is 8.76. The highest BCUT2D eigenvalue weighted by atomic mass is 16.8. The fourth-order valence-electron chi connectivity index (χ4n) is 4.06. The quantitative estimate of drug-likeness (QED) is 0.156. The van der Waals surface area contributed by atoms with Crippen LogP contribution in [0.25, 0.3) is 12.2 Å². The summed E-state index contributed by atoms with van der Waals surface area (Å²) < 4.78 is 21.3. The number of aliphatic hydroxyl groups is 1. The lowest BCUT2D eigenvalue weighted by Crippen LogP contribution is -2.55. The molecule has 0 aliphatic carbocycles. The Morgan fingerprint density at radius 2 is 1.44 bits per heavy atom. The van der Waals surface area contributed by atoms with Gasteiger partial charge in [0.25, 0.3) is 5.79 Å². The van der Waals surface area contributed by atoms with Gasteiger partial charge < -0.3 is 49.6 Å². The van der Waals surface area contributed by atoms with Crippen molar-refractivity contribution in [1.29, 1.82) is 0 Å². The molecular weight excluding hydrogens is 520 g/mol. The summed E-state index contributed by atoms with van der Waals surface area (Å²) in [7, 11) is 0. The van der Waals surface area contributed by atoms with Crippen LogP contribution in [-0.4, -0.2) is 85.4 Å². The van der Waals surface area contributed by atoms with Crippen LogP contribution in [0.4, 0.5) is 0 Å². The van der Waals surface area contributed by atoms with E-state index in [9.17, 15) is 45.0 Å². The lowest BCUT2D eigenvalue weighted by atomic mass is 9.95. The number of hydrogen-bond acceptors (Lipinski definition) is 12. The van der Waals surface area contributed by atoms with Crippen molar-refractivity contribution in [2.75, 3.05) is 6.61 Å². The average Bonchev–Trinajstić information content (AvgIpc) is 3.22. The Balaban J connectivity index is 1.38. The largest absolute Gasteiger partial charge is 0.504 e. The molecule has 0 spiro atoms. The normalized spacial score (nSPS) is 26.1. The fourth-order valence-corrected chi connectivity index (χ4v) is 4.06. The number of carboxylic acid groups (broad SMARTS) is 1. The molecule has 13 heteroatoms. The molecule has 2 aromatic rings. The van der Waals surface area contributed by atoms with E-state index in [0.29, 0.717) is 11.1 Å². The zero-order valence-corrected chi connectivity index (χ0v) is 20.0. The van der Waals surface area contributed by atoms with Gasteiger partial charge in [0.15, 0.2) is 23.0 Å². The summed E-state index contributed by atoms with van der Waals surface area (Å²) >= 11 is 0. The Hall–Kier alpha value is -4.59. The Kier molecular flexibility index (Phi) is 7.76. The molecule has 0 radical (unpaired) electrons. The molecule has 0 aromatic heterocycles. The molecule has 2 aromatic carbocycles. The first kappa shape index (κ1) is 27.4. The van der Waals surface area contributed by atoms with Crippen molar-refractivity contribution in [2.24, 2.45) is 0 Å². The summed E-state index contributed by atoms with van der Waals surface area (Å²) in [5, 5.41) is 58.2. The first-order valence-electron chi connectivity index (χ1n) is 11.5. The highest BCUT2D eigenvalue weighted by Crippen LogP contribution is 2.42. The van der Waals surface area contributed by atoms with Crippen LogP contribution in [0, 0.1) is 0 Å². The number of aliphatic hydroxyl groups excluding tert-OH is 1. The Bertz CT molecular complexity index is 1330. The van der Waals surface area contributed by atoms with E-state index in [4.69, 9.17) is 18.9 Å². The van der Waals surface area contributed by atoms with E-state index in [2.05, 4.69) is 0 Å². The van der Waals surface area contributed by atoms with E-state index >= 15 is 0 Å². The van der Waals surface area contributed by atoms with Gasteiger partial charge in [0.1, 0.15) is 31.0 Å². The minimum atomic E-state index is -2.25. The molecule has 13 nitrogen and oxygen atoms in total. The SMILES string of the molecule is O=C(/C=C\c1ccc(O)c(O)c1)OC[C@@H]1O[C@]2(C(=O)O)C[C@H](OC(=O)/C=C/c3ccc(O)c(O)c3)[C@@H](O)C1O2.